The number of nitrogens with one attached hydrogen (secondary N) is 1. The summed E-state index contributed by atoms with van der Waals surface area (Å²) in [6.45, 7) is 5.81. The Morgan fingerprint density at radius 3 is 2.65 bits per heavy atom. The van der Waals surface area contributed by atoms with Crippen LogP contribution in [0, 0.1) is 6.92 Å². The second-order valence-electron chi connectivity index (χ2n) is 8.07. The Kier molecular flexibility index (Phi) is 5.93. The van der Waals surface area contributed by atoms with Crippen molar-refractivity contribution in [3.8, 4) is 0 Å². The van der Waals surface area contributed by atoms with Gasteiger partial charge in [0, 0.05) is 36.6 Å². The highest BCUT2D eigenvalue weighted by Crippen LogP contribution is 2.27. The highest BCUT2D eigenvalue weighted by molar-refractivity contribution is 5.95. The molecule has 1 saturated heterocycles. The standard InChI is InChI=1S/C24H28N4O3/c1-16-13-19(17(2)25-20-10-6-5-9-18(20)24(30)31-3)23-26-21(14-22(29)28(23)15-16)27-11-7-4-8-12-27/h5-6,9-10,13-15,17,25H,4,7-8,11-12H2,1-3H3/t17-/m1/s1. The van der Waals surface area contributed by atoms with Crippen LogP contribution in [0.1, 0.15) is 53.7 Å². The molecule has 0 aliphatic carbocycles. The molecule has 0 saturated carbocycles. The van der Waals surface area contributed by atoms with Crippen molar-refractivity contribution < 1.29 is 9.53 Å². The molecule has 0 amide bonds. The van der Waals surface area contributed by atoms with Gasteiger partial charge in [-0.05, 0) is 56.9 Å². The number of hydrogen-bond donors (Lipinski definition) is 1. The van der Waals surface area contributed by atoms with E-state index < -0.39 is 5.97 Å². The lowest BCUT2D eigenvalue weighted by Crippen LogP contribution is -2.32. The Labute approximate surface area is 181 Å². The van der Waals surface area contributed by atoms with E-state index >= 15 is 0 Å². The fourth-order valence-corrected chi connectivity index (χ4v) is 4.17. The number of fused-ring (bicyclic) bond motifs is 1. The number of methoxy groups -OCH3 is 1. The quantitative estimate of drug-likeness (QED) is 0.630. The van der Waals surface area contributed by atoms with Gasteiger partial charge in [0.1, 0.15) is 11.5 Å². The Hall–Kier alpha value is -3.35. The summed E-state index contributed by atoms with van der Waals surface area (Å²) in [7, 11) is 1.37. The molecule has 31 heavy (non-hydrogen) atoms. The molecular formula is C24H28N4O3. The highest BCUT2D eigenvalue weighted by Gasteiger charge is 2.19. The van der Waals surface area contributed by atoms with E-state index in [2.05, 4.69) is 10.2 Å². The number of ether oxygens (including phenoxy) is 1. The van der Waals surface area contributed by atoms with E-state index in [0.717, 1.165) is 42.9 Å². The van der Waals surface area contributed by atoms with Crippen LogP contribution >= 0.6 is 0 Å². The molecule has 7 nitrogen and oxygen atoms in total. The highest BCUT2D eigenvalue weighted by atomic mass is 16.5. The summed E-state index contributed by atoms with van der Waals surface area (Å²) >= 11 is 0. The first-order chi connectivity index (χ1) is 15.0. The number of pyridine rings is 1. The topological polar surface area (TPSA) is 75.9 Å². The van der Waals surface area contributed by atoms with Crippen molar-refractivity contribution in [3.63, 3.8) is 0 Å². The fourth-order valence-electron chi connectivity index (χ4n) is 4.17. The van der Waals surface area contributed by atoms with E-state index in [-0.39, 0.29) is 11.6 Å². The van der Waals surface area contributed by atoms with E-state index in [9.17, 15) is 9.59 Å². The van der Waals surface area contributed by atoms with Crippen LogP contribution < -0.4 is 15.8 Å². The minimum Gasteiger partial charge on any atom is -0.465 e. The normalized spacial score (nSPS) is 15.0. The van der Waals surface area contributed by atoms with Gasteiger partial charge in [0.15, 0.2) is 0 Å². The summed E-state index contributed by atoms with van der Waals surface area (Å²) in [6.07, 6.45) is 5.27. The van der Waals surface area contributed by atoms with Gasteiger partial charge in [0.25, 0.3) is 5.56 Å². The van der Waals surface area contributed by atoms with Crippen molar-refractivity contribution in [2.75, 3.05) is 30.4 Å². The Morgan fingerprint density at radius 2 is 1.90 bits per heavy atom. The number of carbonyl (C=O) groups excluding carboxylic acids is 1. The van der Waals surface area contributed by atoms with Crippen LogP contribution in [0.25, 0.3) is 5.65 Å². The molecule has 1 fully saturated rings. The molecule has 0 spiro atoms. The first kappa shape index (κ1) is 20.9. The third-order valence-electron chi connectivity index (χ3n) is 5.76. The number of para-hydroxylation sites is 1. The average molecular weight is 421 g/mol. The molecule has 4 rings (SSSR count). The third kappa shape index (κ3) is 4.26. The minimum absolute atomic E-state index is 0.0855. The number of nitrogens with zero attached hydrogens (tertiary/aromatic N) is 3. The first-order valence-corrected chi connectivity index (χ1v) is 10.7. The van der Waals surface area contributed by atoms with Crippen LogP contribution in [0.5, 0.6) is 0 Å². The van der Waals surface area contributed by atoms with Crippen LogP contribution in [-0.4, -0.2) is 35.6 Å². The van der Waals surface area contributed by atoms with Gasteiger partial charge >= 0.3 is 5.97 Å². The van der Waals surface area contributed by atoms with E-state index in [1.54, 1.807) is 22.6 Å². The molecule has 0 bridgehead atoms. The lowest BCUT2D eigenvalue weighted by molar-refractivity contribution is 0.0602. The molecule has 0 unspecified atom stereocenters. The summed E-state index contributed by atoms with van der Waals surface area (Å²) in [6, 6.07) is 10.7. The van der Waals surface area contributed by atoms with Crippen molar-refractivity contribution >= 4 is 23.1 Å². The molecular weight excluding hydrogens is 392 g/mol. The number of piperidine rings is 1. The Morgan fingerprint density at radius 1 is 1.16 bits per heavy atom. The van der Waals surface area contributed by atoms with Crippen molar-refractivity contribution in [3.05, 3.63) is 69.6 Å². The predicted molar refractivity (Wildman–Crippen MR) is 122 cm³/mol. The fraction of sp³-hybridized carbons (Fsp3) is 0.375. The number of esters is 1. The van der Waals surface area contributed by atoms with Gasteiger partial charge in [0.2, 0.25) is 0 Å². The third-order valence-corrected chi connectivity index (χ3v) is 5.76. The summed E-state index contributed by atoms with van der Waals surface area (Å²) in [4.78, 5) is 32.2. The molecule has 162 valence electrons. The Bertz CT molecular complexity index is 1170. The van der Waals surface area contributed by atoms with Gasteiger partial charge in [-0.1, -0.05) is 12.1 Å². The van der Waals surface area contributed by atoms with Gasteiger partial charge in [-0.25, -0.2) is 9.78 Å². The predicted octanol–water partition coefficient (Wildman–Crippen LogP) is 3.95. The smallest absolute Gasteiger partial charge is 0.339 e. The van der Waals surface area contributed by atoms with Crippen LogP contribution in [0.4, 0.5) is 11.5 Å². The lowest BCUT2D eigenvalue weighted by Gasteiger charge is -2.28. The zero-order valence-electron chi connectivity index (χ0n) is 18.2. The zero-order chi connectivity index (χ0) is 22.0. The monoisotopic (exact) mass is 420 g/mol. The van der Waals surface area contributed by atoms with Crippen LogP contribution in [0.2, 0.25) is 0 Å². The maximum atomic E-state index is 12.9. The number of carbonyl (C=O) groups is 1. The lowest BCUT2D eigenvalue weighted by atomic mass is 10.1. The molecule has 1 aliphatic rings. The van der Waals surface area contributed by atoms with Gasteiger partial charge in [-0.2, -0.15) is 0 Å². The van der Waals surface area contributed by atoms with Gasteiger partial charge in [0.05, 0.1) is 18.7 Å². The number of rotatable bonds is 5. The van der Waals surface area contributed by atoms with Crippen molar-refractivity contribution in [1.82, 2.24) is 9.38 Å². The van der Waals surface area contributed by atoms with Gasteiger partial charge in [-0.3, -0.25) is 9.20 Å². The summed E-state index contributed by atoms with van der Waals surface area (Å²) < 4.78 is 6.52. The maximum Gasteiger partial charge on any atom is 0.339 e. The molecule has 0 radical (unpaired) electrons. The average Bonchev–Trinajstić information content (AvgIpc) is 2.79. The molecule has 1 aliphatic heterocycles. The molecule has 7 heteroatoms. The second kappa shape index (κ2) is 8.79. The number of anilines is 2. The Balaban J connectivity index is 1.77. The molecule has 3 aromatic rings. The van der Waals surface area contributed by atoms with Crippen LogP contribution in [0.15, 0.2) is 47.4 Å². The molecule has 1 atom stereocenters. The van der Waals surface area contributed by atoms with Crippen molar-refractivity contribution in [1.29, 1.82) is 0 Å². The van der Waals surface area contributed by atoms with Crippen LogP contribution in [-0.2, 0) is 4.74 Å². The number of hydrogen-bond acceptors (Lipinski definition) is 6. The number of benzene rings is 1. The van der Waals surface area contributed by atoms with E-state index in [4.69, 9.17) is 9.72 Å². The first-order valence-electron chi connectivity index (χ1n) is 10.7. The van der Waals surface area contributed by atoms with E-state index in [0.29, 0.717) is 16.9 Å². The van der Waals surface area contributed by atoms with Gasteiger partial charge < -0.3 is 15.0 Å². The molecule has 3 heterocycles. The molecule has 2 aromatic heterocycles. The molecule has 1 N–H and O–H groups in total. The van der Waals surface area contributed by atoms with E-state index in [1.165, 1.54) is 13.5 Å². The molecule has 1 aromatic carbocycles. The van der Waals surface area contributed by atoms with E-state index in [1.807, 2.05) is 38.2 Å². The van der Waals surface area contributed by atoms with Crippen LogP contribution in [0.3, 0.4) is 0 Å². The summed E-state index contributed by atoms with van der Waals surface area (Å²) in [5.41, 5.74) is 3.55. The summed E-state index contributed by atoms with van der Waals surface area (Å²) in [5, 5.41) is 3.41. The number of aryl methyl sites for hydroxylation is 1. The minimum atomic E-state index is -0.397. The summed E-state index contributed by atoms with van der Waals surface area (Å²) in [5.74, 6) is 0.336. The SMILES string of the molecule is COC(=O)c1ccccc1N[C@H](C)c1cc(C)cn2c(=O)cc(N3CCCCC3)nc12. The zero-order valence-corrected chi connectivity index (χ0v) is 18.2. The largest absolute Gasteiger partial charge is 0.465 e. The second-order valence-corrected chi connectivity index (χ2v) is 8.07. The maximum absolute atomic E-state index is 12.9. The van der Waals surface area contributed by atoms with Crippen molar-refractivity contribution in [2.45, 2.75) is 39.2 Å². The van der Waals surface area contributed by atoms with Gasteiger partial charge in [-0.15, -0.1) is 0 Å². The number of aromatic nitrogens is 2. The van der Waals surface area contributed by atoms with Crippen molar-refractivity contribution in [2.24, 2.45) is 0 Å².